The summed E-state index contributed by atoms with van der Waals surface area (Å²) in [5.41, 5.74) is 3.19. The molecule has 0 unspecified atom stereocenters. The average Bonchev–Trinajstić information content (AvgIpc) is 3.14. The van der Waals surface area contributed by atoms with Crippen molar-refractivity contribution in [2.75, 3.05) is 6.61 Å². The molecule has 0 saturated heterocycles. The Labute approximate surface area is 174 Å². The summed E-state index contributed by atoms with van der Waals surface area (Å²) < 4.78 is 5.57. The Morgan fingerprint density at radius 1 is 1.11 bits per heavy atom. The standard InChI is InChI=1S/C22H23ClN2O2S/c1-22(2,3)16-6-10-18(11-7-16)27-13-20(26)24-12-21-25-19(14-28-21)15-4-8-17(23)9-5-15/h4-11,14H,12-13H2,1-3H3,(H,24,26). The molecule has 0 spiro atoms. The Morgan fingerprint density at radius 3 is 2.43 bits per heavy atom. The number of rotatable bonds is 6. The number of benzene rings is 2. The molecule has 0 aliphatic heterocycles. The molecule has 3 rings (SSSR count). The highest BCUT2D eigenvalue weighted by Crippen LogP contribution is 2.25. The van der Waals surface area contributed by atoms with Crippen molar-refractivity contribution in [2.24, 2.45) is 0 Å². The maximum absolute atomic E-state index is 12.1. The van der Waals surface area contributed by atoms with Gasteiger partial charge in [0, 0.05) is 16.0 Å². The van der Waals surface area contributed by atoms with Crippen LogP contribution in [0.2, 0.25) is 5.02 Å². The molecule has 0 atom stereocenters. The van der Waals surface area contributed by atoms with Crippen LogP contribution >= 0.6 is 22.9 Å². The Bertz CT molecular complexity index is 928. The minimum absolute atomic E-state index is 0.0235. The van der Waals surface area contributed by atoms with Crippen molar-refractivity contribution in [2.45, 2.75) is 32.7 Å². The summed E-state index contributed by atoms with van der Waals surface area (Å²) in [6.45, 7) is 6.83. The Morgan fingerprint density at radius 2 is 1.79 bits per heavy atom. The topological polar surface area (TPSA) is 51.2 Å². The van der Waals surface area contributed by atoms with E-state index in [1.807, 2.05) is 53.9 Å². The van der Waals surface area contributed by atoms with Crippen LogP contribution in [0.25, 0.3) is 11.3 Å². The maximum Gasteiger partial charge on any atom is 0.258 e. The van der Waals surface area contributed by atoms with E-state index in [-0.39, 0.29) is 17.9 Å². The molecule has 0 saturated carbocycles. The first kappa shape index (κ1) is 20.4. The van der Waals surface area contributed by atoms with Crippen LogP contribution in [-0.2, 0) is 16.8 Å². The number of nitrogens with one attached hydrogen (secondary N) is 1. The van der Waals surface area contributed by atoms with E-state index in [1.54, 1.807) is 0 Å². The SMILES string of the molecule is CC(C)(C)c1ccc(OCC(=O)NCc2nc(-c3ccc(Cl)cc3)cs2)cc1. The molecule has 0 aliphatic carbocycles. The number of ether oxygens (including phenoxy) is 1. The van der Waals surface area contributed by atoms with E-state index >= 15 is 0 Å². The summed E-state index contributed by atoms with van der Waals surface area (Å²) in [5.74, 6) is 0.505. The fourth-order valence-electron chi connectivity index (χ4n) is 2.57. The molecule has 4 nitrogen and oxygen atoms in total. The molecule has 0 aliphatic rings. The van der Waals surface area contributed by atoms with E-state index in [0.29, 0.717) is 17.3 Å². The molecule has 1 aromatic heterocycles. The van der Waals surface area contributed by atoms with Crippen molar-refractivity contribution >= 4 is 28.8 Å². The average molecular weight is 415 g/mol. The lowest BCUT2D eigenvalue weighted by molar-refractivity contribution is -0.123. The van der Waals surface area contributed by atoms with Crippen LogP contribution in [0, 0.1) is 0 Å². The fourth-order valence-corrected chi connectivity index (χ4v) is 3.44. The highest BCUT2D eigenvalue weighted by atomic mass is 35.5. The number of thiazole rings is 1. The second-order valence-electron chi connectivity index (χ2n) is 7.47. The Hall–Kier alpha value is -2.37. The third-order valence-electron chi connectivity index (χ3n) is 4.22. The number of hydrogen-bond donors (Lipinski definition) is 1. The van der Waals surface area contributed by atoms with Crippen molar-refractivity contribution in [1.29, 1.82) is 0 Å². The Kier molecular flexibility index (Phi) is 6.37. The third-order valence-corrected chi connectivity index (χ3v) is 5.32. The van der Waals surface area contributed by atoms with Crippen molar-refractivity contribution in [3.63, 3.8) is 0 Å². The Balaban J connectivity index is 1.47. The molecule has 6 heteroatoms. The first-order valence-electron chi connectivity index (χ1n) is 9.02. The van der Waals surface area contributed by atoms with Gasteiger partial charge in [-0.25, -0.2) is 4.98 Å². The molecule has 28 heavy (non-hydrogen) atoms. The van der Waals surface area contributed by atoms with Gasteiger partial charge in [0.25, 0.3) is 5.91 Å². The van der Waals surface area contributed by atoms with E-state index in [1.165, 1.54) is 16.9 Å². The number of carbonyl (C=O) groups is 1. The smallest absolute Gasteiger partial charge is 0.258 e. The van der Waals surface area contributed by atoms with Gasteiger partial charge in [0.2, 0.25) is 0 Å². The van der Waals surface area contributed by atoms with Crippen LogP contribution in [-0.4, -0.2) is 17.5 Å². The zero-order chi connectivity index (χ0) is 20.1. The van der Waals surface area contributed by atoms with E-state index in [0.717, 1.165) is 16.3 Å². The molecule has 2 aromatic carbocycles. The number of nitrogens with zero attached hydrogens (tertiary/aromatic N) is 1. The normalized spacial score (nSPS) is 11.3. The molecule has 3 aromatic rings. The van der Waals surface area contributed by atoms with Gasteiger partial charge in [-0.1, -0.05) is 56.6 Å². The molecular formula is C22H23ClN2O2S. The van der Waals surface area contributed by atoms with Gasteiger partial charge in [-0.05, 0) is 35.2 Å². The quantitative estimate of drug-likeness (QED) is 0.583. The number of hydrogen-bond acceptors (Lipinski definition) is 4. The second kappa shape index (κ2) is 8.76. The van der Waals surface area contributed by atoms with E-state index < -0.39 is 0 Å². The zero-order valence-corrected chi connectivity index (χ0v) is 17.7. The van der Waals surface area contributed by atoms with E-state index in [9.17, 15) is 4.79 Å². The number of carbonyl (C=O) groups excluding carboxylic acids is 1. The highest BCUT2D eigenvalue weighted by Gasteiger charge is 2.13. The fraction of sp³-hybridized carbons (Fsp3) is 0.273. The van der Waals surface area contributed by atoms with E-state index in [4.69, 9.17) is 16.3 Å². The van der Waals surface area contributed by atoms with Crippen LogP contribution in [0.4, 0.5) is 0 Å². The van der Waals surface area contributed by atoms with Gasteiger partial charge in [-0.15, -0.1) is 11.3 Å². The minimum atomic E-state index is -0.178. The number of halogens is 1. The first-order valence-corrected chi connectivity index (χ1v) is 10.3. The predicted molar refractivity (Wildman–Crippen MR) is 115 cm³/mol. The van der Waals surface area contributed by atoms with Crippen molar-refractivity contribution < 1.29 is 9.53 Å². The van der Waals surface area contributed by atoms with Crippen molar-refractivity contribution in [3.8, 4) is 17.0 Å². The van der Waals surface area contributed by atoms with Crippen molar-refractivity contribution in [1.82, 2.24) is 10.3 Å². The molecule has 1 N–H and O–H groups in total. The lowest BCUT2D eigenvalue weighted by Gasteiger charge is -2.19. The van der Waals surface area contributed by atoms with Gasteiger partial charge < -0.3 is 10.1 Å². The summed E-state index contributed by atoms with van der Waals surface area (Å²) >= 11 is 7.42. The number of aromatic nitrogens is 1. The van der Waals surface area contributed by atoms with Gasteiger partial charge in [-0.3, -0.25) is 4.79 Å². The molecule has 0 radical (unpaired) electrons. The zero-order valence-electron chi connectivity index (χ0n) is 16.2. The first-order chi connectivity index (χ1) is 13.3. The lowest BCUT2D eigenvalue weighted by Crippen LogP contribution is -2.28. The molecule has 1 amide bonds. The largest absolute Gasteiger partial charge is 0.484 e. The summed E-state index contributed by atoms with van der Waals surface area (Å²) in [5, 5.41) is 6.35. The van der Waals surface area contributed by atoms with Gasteiger partial charge in [0.05, 0.1) is 12.2 Å². The van der Waals surface area contributed by atoms with Gasteiger partial charge in [0.1, 0.15) is 10.8 Å². The monoisotopic (exact) mass is 414 g/mol. The van der Waals surface area contributed by atoms with Gasteiger partial charge in [-0.2, -0.15) is 0 Å². The predicted octanol–water partition coefficient (Wildman–Crippen LogP) is 5.46. The van der Waals surface area contributed by atoms with Gasteiger partial charge in [0.15, 0.2) is 6.61 Å². The number of amides is 1. The van der Waals surface area contributed by atoms with Crippen LogP contribution in [0.5, 0.6) is 5.75 Å². The van der Waals surface area contributed by atoms with Crippen molar-refractivity contribution in [3.05, 3.63) is 69.5 Å². The van der Waals surface area contributed by atoms with Gasteiger partial charge >= 0.3 is 0 Å². The van der Waals surface area contributed by atoms with Crippen LogP contribution in [0.3, 0.4) is 0 Å². The molecule has 146 valence electrons. The van der Waals surface area contributed by atoms with Crippen LogP contribution in [0.15, 0.2) is 53.9 Å². The summed E-state index contributed by atoms with van der Waals surface area (Å²) in [6, 6.07) is 15.4. The molecule has 0 bridgehead atoms. The summed E-state index contributed by atoms with van der Waals surface area (Å²) in [6.07, 6.45) is 0. The maximum atomic E-state index is 12.1. The van der Waals surface area contributed by atoms with E-state index in [2.05, 4.69) is 31.1 Å². The van der Waals surface area contributed by atoms with Crippen LogP contribution in [0.1, 0.15) is 31.3 Å². The second-order valence-corrected chi connectivity index (χ2v) is 8.85. The lowest BCUT2D eigenvalue weighted by atomic mass is 9.87. The minimum Gasteiger partial charge on any atom is -0.484 e. The van der Waals surface area contributed by atoms with Crippen LogP contribution < -0.4 is 10.1 Å². The summed E-state index contributed by atoms with van der Waals surface area (Å²) in [7, 11) is 0. The molecule has 1 heterocycles. The summed E-state index contributed by atoms with van der Waals surface area (Å²) in [4.78, 5) is 16.6. The third kappa shape index (κ3) is 5.57. The molecule has 0 fully saturated rings. The molecular weight excluding hydrogens is 392 g/mol. The highest BCUT2D eigenvalue weighted by molar-refractivity contribution is 7.09.